The van der Waals surface area contributed by atoms with Crippen LogP contribution in [0.1, 0.15) is 60.5 Å². The van der Waals surface area contributed by atoms with Crippen LogP contribution in [-0.2, 0) is 17.7 Å². The largest absolute Gasteiger partial charge is 0.462 e. The van der Waals surface area contributed by atoms with Crippen molar-refractivity contribution < 1.29 is 14.5 Å². The molecule has 1 aliphatic rings. The minimum absolute atomic E-state index is 0.0929. The smallest absolute Gasteiger partial charge is 0.338 e. The highest BCUT2D eigenvalue weighted by Gasteiger charge is 2.18. The first kappa shape index (κ1) is 20.8. The summed E-state index contributed by atoms with van der Waals surface area (Å²) in [6.45, 7) is 2.42. The van der Waals surface area contributed by atoms with Crippen molar-refractivity contribution in [1.82, 2.24) is 0 Å². The van der Waals surface area contributed by atoms with Crippen molar-refractivity contribution in [3.05, 3.63) is 69.3 Å². The van der Waals surface area contributed by atoms with Crippen LogP contribution < -0.4 is 5.32 Å². The van der Waals surface area contributed by atoms with Crippen molar-refractivity contribution in [3.63, 3.8) is 0 Å². The lowest BCUT2D eigenvalue weighted by Gasteiger charge is -2.23. The maximum atomic E-state index is 12.2. The standard InChI is InChI=1S/C23H28N2O4/c1-2-29-23(26)19-13-12-18(14-17-8-4-3-5-9-17)21(15-19)24-16-20-10-6-7-11-22(20)25(27)28/h6-7,10-13,15,17,24H,2-5,8-9,14,16H2,1H3. The molecule has 29 heavy (non-hydrogen) atoms. The quantitative estimate of drug-likeness (QED) is 0.362. The van der Waals surface area contributed by atoms with Gasteiger partial charge in [0, 0.05) is 23.9 Å². The molecule has 0 radical (unpaired) electrons. The van der Waals surface area contributed by atoms with E-state index >= 15 is 0 Å². The summed E-state index contributed by atoms with van der Waals surface area (Å²) in [4.78, 5) is 23.1. The van der Waals surface area contributed by atoms with Gasteiger partial charge in [0.2, 0.25) is 0 Å². The Morgan fingerprint density at radius 2 is 1.90 bits per heavy atom. The van der Waals surface area contributed by atoms with E-state index in [1.165, 1.54) is 38.2 Å². The van der Waals surface area contributed by atoms with Gasteiger partial charge < -0.3 is 10.1 Å². The van der Waals surface area contributed by atoms with Gasteiger partial charge in [-0.05, 0) is 37.0 Å². The Morgan fingerprint density at radius 1 is 1.14 bits per heavy atom. The number of benzene rings is 2. The second-order valence-corrected chi connectivity index (χ2v) is 7.54. The van der Waals surface area contributed by atoms with E-state index in [0.29, 0.717) is 30.2 Å². The summed E-state index contributed by atoms with van der Waals surface area (Å²) in [6.07, 6.45) is 7.24. The van der Waals surface area contributed by atoms with Crippen molar-refractivity contribution in [1.29, 1.82) is 0 Å². The molecule has 0 unspecified atom stereocenters. The molecule has 0 spiro atoms. The maximum absolute atomic E-state index is 12.2. The van der Waals surface area contributed by atoms with E-state index in [0.717, 1.165) is 17.7 Å². The lowest BCUT2D eigenvalue weighted by atomic mass is 9.84. The van der Waals surface area contributed by atoms with Crippen LogP contribution in [0.15, 0.2) is 42.5 Å². The van der Waals surface area contributed by atoms with Gasteiger partial charge in [-0.2, -0.15) is 0 Å². The Labute approximate surface area is 171 Å². The molecule has 0 amide bonds. The molecule has 2 aromatic carbocycles. The van der Waals surface area contributed by atoms with Gasteiger partial charge in [-0.3, -0.25) is 10.1 Å². The van der Waals surface area contributed by atoms with Crippen molar-refractivity contribution in [2.45, 2.75) is 52.0 Å². The van der Waals surface area contributed by atoms with Crippen LogP contribution in [-0.4, -0.2) is 17.5 Å². The number of para-hydroxylation sites is 1. The summed E-state index contributed by atoms with van der Waals surface area (Å²) in [7, 11) is 0. The number of nitro benzene ring substituents is 1. The maximum Gasteiger partial charge on any atom is 0.338 e. The Hall–Kier alpha value is -2.89. The molecule has 154 valence electrons. The summed E-state index contributed by atoms with van der Waals surface area (Å²) in [5.74, 6) is 0.286. The monoisotopic (exact) mass is 396 g/mol. The number of rotatable bonds is 8. The summed E-state index contributed by atoms with van der Waals surface area (Å²) < 4.78 is 5.13. The average molecular weight is 396 g/mol. The highest BCUT2D eigenvalue weighted by Crippen LogP contribution is 2.30. The van der Waals surface area contributed by atoms with Crippen molar-refractivity contribution >= 4 is 17.3 Å². The molecule has 1 aliphatic carbocycles. The molecule has 1 fully saturated rings. The number of carbonyl (C=O) groups is 1. The number of hydrogen-bond acceptors (Lipinski definition) is 5. The first-order valence-electron chi connectivity index (χ1n) is 10.3. The number of nitro groups is 1. The molecule has 2 aromatic rings. The van der Waals surface area contributed by atoms with Gasteiger partial charge in [-0.1, -0.05) is 56.4 Å². The average Bonchev–Trinajstić information content (AvgIpc) is 2.74. The number of anilines is 1. The lowest BCUT2D eigenvalue weighted by molar-refractivity contribution is -0.385. The summed E-state index contributed by atoms with van der Waals surface area (Å²) >= 11 is 0. The molecule has 1 saturated carbocycles. The molecule has 6 heteroatoms. The summed E-state index contributed by atoms with van der Waals surface area (Å²) in [5, 5.41) is 14.6. The fourth-order valence-corrected chi connectivity index (χ4v) is 3.99. The minimum Gasteiger partial charge on any atom is -0.462 e. The van der Waals surface area contributed by atoms with Crippen LogP contribution >= 0.6 is 0 Å². The molecule has 0 aliphatic heterocycles. The van der Waals surface area contributed by atoms with Gasteiger partial charge in [-0.25, -0.2) is 4.79 Å². The number of carbonyl (C=O) groups excluding carboxylic acids is 1. The molecule has 1 N–H and O–H groups in total. The first-order valence-corrected chi connectivity index (χ1v) is 10.3. The van der Waals surface area contributed by atoms with Gasteiger partial charge in [0.15, 0.2) is 0 Å². The second kappa shape index (κ2) is 10.0. The molecule has 6 nitrogen and oxygen atoms in total. The van der Waals surface area contributed by atoms with Crippen LogP contribution in [0, 0.1) is 16.0 Å². The molecule has 0 heterocycles. The number of ether oxygens (including phenoxy) is 1. The third kappa shape index (κ3) is 5.56. The van der Waals surface area contributed by atoms with Gasteiger partial charge in [0.1, 0.15) is 0 Å². The second-order valence-electron chi connectivity index (χ2n) is 7.54. The van der Waals surface area contributed by atoms with E-state index in [2.05, 4.69) is 5.32 Å². The highest BCUT2D eigenvalue weighted by molar-refractivity contribution is 5.90. The van der Waals surface area contributed by atoms with E-state index in [4.69, 9.17) is 4.74 Å². The SMILES string of the molecule is CCOC(=O)c1ccc(CC2CCCCC2)c(NCc2ccccc2[N+](=O)[O-])c1. The van der Waals surface area contributed by atoms with Gasteiger partial charge in [0.25, 0.3) is 5.69 Å². The lowest BCUT2D eigenvalue weighted by Crippen LogP contribution is -2.13. The van der Waals surface area contributed by atoms with Crippen molar-refractivity contribution in [3.8, 4) is 0 Å². The first-order chi connectivity index (χ1) is 14.1. The molecule has 0 saturated heterocycles. The van der Waals surface area contributed by atoms with E-state index in [-0.39, 0.29) is 16.6 Å². The van der Waals surface area contributed by atoms with Crippen LogP contribution in [0.25, 0.3) is 0 Å². The van der Waals surface area contributed by atoms with E-state index in [1.54, 1.807) is 25.1 Å². The zero-order chi connectivity index (χ0) is 20.6. The van der Waals surface area contributed by atoms with Crippen LogP contribution in [0.5, 0.6) is 0 Å². The highest BCUT2D eigenvalue weighted by atomic mass is 16.6. The summed E-state index contributed by atoms with van der Waals surface area (Å²) in [5.41, 5.74) is 3.19. The van der Waals surface area contributed by atoms with E-state index in [9.17, 15) is 14.9 Å². The predicted molar refractivity (Wildman–Crippen MR) is 113 cm³/mol. The minimum atomic E-state index is -0.366. The third-order valence-electron chi connectivity index (χ3n) is 5.51. The van der Waals surface area contributed by atoms with Crippen molar-refractivity contribution in [2.24, 2.45) is 5.92 Å². The molecular weight excluding hydrogens is 368 g/mol. The van der Waals surface area contributed by atoms with Crippen LogP contribution in [0.4, 0.5) is 11.4 Å². The van der Waals surface area contributed by atoms with E-state index in [1.807, 2.05) is 18.2 Å². The molecule has 3 rings (SSSR count). The zero-order valence-corrected chi connectivity index (χ0v) is 16.9. The Balaban J connectivity index is 1.83. The van der Waals surface area contributed by atoms with Gasteiger partial charge in [-0.15, -0.1) is 0 Å². The Morgan fingerprint density at radius 3 is 2.62 bits per heavy atom. The normalized spacial score (nSPS) is 14.4. The number of nitrogens with zero attached hydrogens (tertiary/aromatic N) is 1. The van der Waals surface area contributed by atoms with Gasteiger partial charge >= 0.3 is 5.97 Å². The molecule has 0 aromatic heterocycles. The van der Waals surface area contributed by atoms with Gasteiger partial charge in [0.05, 0.1) is 17.1 Å². The predicted octanol–water partition coefficient (Wildman–Crippen LogP) is 5.51. The number of nitrogens with one attached hydrogen (secondary N) is 1. The molecular formula is C23H28N2O4. The van der Waals surface area contributed by atoms with Crippen molar-refractivity contribution in [2.75, 3.05) is 11.9 Å². The Bertz CT molecular complexity index is 860. The van der Waals surface area contributed by atoms with E-state index < -0.39 is 0 Å². The van der Waals surface area contributed by atoms with Crippen LogP contribution in [0.2, 0.25) is 0 Å². The Kier molecular flexibility index (Phi) is 7.22. The summed E-state index contributed by atoms with van der Waals surface area (Å²) in [6, 6.07) is 12.3. The fourth-order valence-electron chi connectivity index (χ4n) is 3.99. The topological polar surface area (TPSA) is 81.5 Å². The molecule has 0 atom stereocenters. The number of hydrogen-bond donors (Lipinski definition) is 1. The fraction of sp³-hybridized carbons (Fsp3) is 0.435. The zero-order valence-electron chi connectivity index (χ0n) is 16.9. The molecule has 0 bridgehead atoms. The third-order valence-corrected chi connectivity index (χ3v) is 5.51. The van der Waals surface area contributed by atoms with Crippen LogP contribution in [0.3, 0.4) is 0 Å². The number of esters is 1.